The fourth-order valence-corrected chi connectivity index (χ4v) is 3.06. The van der Waals surface area contributed by atoms with E-state index >= 15 is 0 Å². The quantitative estimate of drug-likeness (QED) is 0.731. The number of hydrogen-bond donors (Lipinski definition) is 0. The zero-order valence-electron chi connectivity index (χ0n) is 12.8. The number of methoxy groups -OCH3 is 1. The van der Waals surface area contributed by atoms with Crippen LogP contribution in [0.5, 0.6) is 5.75 Å². The minimum Gasteiger partial charge on any atom is -0.497 e. The van der Waals surface area contributed by atoms with Crippen molar-refractivity contribution in [2.24, 2.45) is 0 Å². The first-order chi connectivity index (χ1) is 11.3. The molecule has 0 N–H and O–H groups in total. The van der Waals surface area contributed by atoms with Gasteiger partial charge in [0.05, 0.1) is 18.5 Å². The lowest BCUT2D eigenvalue weighted by molar-refractivity contribution is 0.414. The molecule has 0 atom stereocenters. The van der Waals surface area contributed by atoms with Crippen molar-refractivity contribution < 1.29 is 4.74 Å². The van der Waals surface area contributed by atoms with Gasteiger partial charge in [-0.15, -0.1) is 0 Å². The van der Waals surface area contributed by atoms with Crippen LogP contribution in [0.2, 0.25) is 0 Å². The topological polar surface area (TPSA) is 44.1 Å². The molecular formula is C19H16N2O2. The largest absolute Gasteiger partial charge is 0.497 e. The minimum absolute atomic E-state index is 0.103. The van der Waals surface area contributed by atoms with Crippen LogP contribution in [0.15, 0.2) is 59.4 Å². The van der Waals surface area contributed by atoms with Gasteiger partial charge in [0.15, 0.2) is 0 Å². The van der Waals surface area contributed by atoms with Gasteiger partial charge in [-0.25, -0.2) is 0 Å². The molecule has 1 heterocycles. The Morgan fingerprint density at radius 1 is 1.00 bits per heavy atom. The highest BCUT2D eigenvalue weighted by Gasteiger charge is 2.19. The molecule has 0 saturated carbocycles. The smallest absolute Gasteiger partial charge is 0.271 e. The maximum atomic E-state index is 12.4. The first-order valence-electron chi connectivity index (χ1n) is 7.62. The average Bonchev–Trinajstić information content (AvgIpc) is 2.61. The summed E-state index contributed by atoms with van der Waals surface area (Å²) >= 11 is 0. The van der Waals surface area contributed by atoms with Crippen molar-refractivity contribution in [1.29, 1.82) is 0 Å². The molecular weight excluding hydrogens is 288 g/mol. The van der Waals surface area contributed by atoms with Gasteiger partial charge in [0.1, 0.15) is 5.75 Å². The van der Waals surface area contributed by atoms with Crippen molar-refractivity contribution in [2.45, 2.75) is 12.8 Å². The number of nitrogens with zero attached hydrogens (tertiary/aromatic N) is 2. The maximum absolute atomic E-state index is 12.4. The third-order valence-electron chi connectivity index (χ3n) is 4.26. The molecule has 1 aliphatic rings. The Hall–Kier alpha value is -2.88. The van der Waals surface area contributed by atoms with Crippen molar-refractivity contribution in [1.82, 2.24) is 9.78 Å². The van der Waals surface area contributed by atoms with Crippen LogP contribution in [-0.4, -0.2) is 16.9 Å². The molecule has 0 amide bonds. The molecule has 0 bridgehead atoms. The van der Waals surface area contributed by atoms with Crippen molar-refractivity contribution in [3.8, 4) is 22.7 Å². The third kappa shape index (κ3) is 2.32. The van der Waals surface area contributed by atoms with E-state index in [-0.39, 0.29) is 5.56 Å². The summed E-state index contributed by atoms with van der Waals surface area (Å²) in [7, 11) is 1.62. The van der Waals surface area contributed by atoms with Crippen LogP contribution in [0.4, 0.5) is 0 Å². The summed E-state index contributed by atoms with van der Waals surface area (Å²) in [4.78, 5) is 12.4. The molecule has 4 rings (SSSR count). The van der Waals surface area contributed by atoms with Gasteiger partial charge in [-0.3, -0.25) is 4.79 Å². The van der Waals surface area contributed by atoms with Gasteiger partial charge < -0.3 is 4.74 Å². The molecule has 23 heavy (non-hydrogen) atoms. The highest BCUT2D eigenvalue weighted by Crippen LogP contribution is 2.30. The van der Waals surface area contributed by atoms with E-state index in [1.54, 1.807) is 13.2 Å². The van der Waals surface area contributed by atoms with Gasteiger partial charge >= 0.3 is 0 Å². The first-order valence-corrected chi connectivity index (χ1v) is 7.62. The second-order valence-corrected chi connectivity index (χ2v) is 5.62. The van der Waals surface area contributed by atoms with E-state index in [4.69, 9.17) is 4.74 Å². The normalized spacial score (nSPS) is 12.4. The first kappa shape index (κ1) is 13.8. The fourth-order valence-electron chi connectivity index (χ4n) is 3.06. The van der Waals surface area contributed by atoms with E-state index in [1.807, 2.05) is 36.4 Å². The molecule has 0 spiro atoms. The van der Waals surface area contributed by atoms with Gasteiger partial charge in [-0.05, 0) is 48.2 Å². The van der Waals surface area contributed by atoms with Crippen molar-refractivity contribution in [2.75, 3.05) is 7.11 Å². The van der Waals surface area contributed by atoms with E-state index in [9.17, 15) is 4.79 Å². The highest BCUT2D eigenvalue weighted by molar-refractivity contribution is 5.69. The standard InChI is InChI=1S/C19H16N2O2/c1-23-16-10-8-15(9-11-16)21-18(22)12-14-7-6-13-4-2-3-5-17(13)19(14)20-21/h2-5,8-12H,6-7H2,1H3. The number of aromatic nitrogens is 2. The fraction of sp³-hybridized carbons (Fsp3) is 0.158. The van der Waals surface area contributed by atoms with E-state index in [2.05, 4.69) is 17.2 Å². The molecule has 0 saturated heterocycles. The lowest BCUT2D eigenvalue weighted by Crippen LogP contribution is -2.24. The second-order valence-electron chi connectivity index (χ2n) is 5.62. The van der Waals surface area contributed by atoms with E-state index in [0.717, 1.165) is 41.1 Å². The molecule has 1 aliphatic carbocycles. The van der Waals surface area contributed by atoms with Crippen LogP contribution >= 0.6 is 0 Å². The molecule has 4 nitrogen and oxygen atoms in total. The lowest BCUT2D eigenvalue weighted by Gasteiger charge is -2.19. The van der Waals surface area contributed by atoms with E-state index < -0.39 is 0 Å². The van der Waals surface area contributed by atoms with Crippen LogP contribution in [0, 0.1) is 0 Å². The third-order valence-corrected chi connectivity index (χ3v) is 4.26. The van der Waals surface area contributed by atoms with Gasteiger partial charge in [-0.1, -0.05) is 24.3 Å². The molecule has 114 valence electrons. The number of ether oxygens (including phenoxy) is 1. The Bertz CT molecular complexity index is 927. The molecule has 1 aromatic heterocycles. The Labute approximate surface area is 134 Å². The Morgan fingerprint density at radius 3 is 2.52 bits per heavy atom. The zero-order chi connectivity index (χ0) is 15.8. The molecule has 3 aromatic rings. The van der Waals surface area contributed by atoms with E-state index in [1.165, 1.54) is 10.2 Å². The number of aryl methyl sites for hydroxylation is 2. The highest BCUT2D eigenvalue weighted by atomic mass is 16.5. The summed E-state index contributed by atoms with van der Waals surface area (Å²) in [5, 5.41) is 4.64. The average molecular weight is 304 g/mol. The maximum Gasteiger partial charge on any atom is 0.271 e. The zero-order valence-corrected chi connectivity index (χ0v) is 12.8. The van der Waals surface area contributed by atoms with Crippen LogP contribution in [0.25, 0.3) is 16.9 Å². The second kappa shape index (κ2) is 5.39. The Balaban J connectivity index is 1.88. The molecule has 0 aliphatic heterocycles. The van der Waals surface area contributed by atoms with Crippen LogP contribution in [0.3, 0.4) is 0 Å². The van der Waals surface area contributed by atoms with Gasteiger partial charge in [0.25, 0.3) is 5.56 Å². The van der Waals surface area contributed by atoms with Crippen molar-refractivity contribution >= 4 is 0 Å². The predicted molar refractivity (Wildman–Crippen MR) is 89.2 cm³/mol. The summed E-state index contributed by atoms with van der Waals surface area (Å²) in [6.07, 6.45) is 1.81. The number of benzene rings is 2. The molecule has 0 fully saturated rings. The Kier molecular flexibility index (Phi) is 3.23. The molecule has 0 unspecified atom stereocenters. The number of hydrogen-bond acceptors (Lipinski definition) is 3. The SMILES string of the molecule is COc1ccc(-n2nc3c(cc2=O)CCc2ccccc2-3)cc1. The van der Waals surface area contributed by atoms with Crippen molar-refractivity contribution in [3.63, 3.8) is 0 Å². The van der Waals surface area contributed by atoms with Gasteiger partial charge in [-0.2, -0.15) is 9.78 Å². The van der Waals surface area contributed by atoms with Crippen LogP contribution in [0.1, 0.15) is 11.1 Å². The molecule has 2 aromatic carbocycles. The summed E-state index contributed by atoms with van der Waals surface area (Å²) in [5.41, 5.74) is 4.97. The molecule has 4 heteroatoms. The minimum atomic E-state index is -0.103. The van der Waals surface area contributed by atoms with Gasteiger partial charge in [0.2, 0.25) is 0 Å². The lowest BCUT2D eigenvalue weighted by atomic mass is 9.89. The summed E-state index contributed by atoms with van der Waals surface area (Å²) < 4.78 is 6.62. The van der Waals surface area contributed by atoms with Crippen LogP contribution in [-0.2, 0) is 12.8 Å². The monoisotopic (exact) mass is 304 g/mol. The Morgan fingerprint density at radius 2 is 1.74 bits per heavy atom. The number of rotatable bonds is 2. The predicted octanol–water partition coefficient (Wildman–Crippen LogP) is 3.01. The van der Waals surface area contributed by atoms with Gasteiger partial charge in [0, 0.05) is 11.6 Å². The number of fused-ring (bicyclic) bond motifs is 3. The van der Waals surface area contributed by atoms with Crippen LogP contribution < -0.4 is 10.3 Å². The molecule has 0 radical (unpaired) electrons. The summed E-state index contributed by atoms with van der Waals surface area (Å²) in [5.74, 6) is 0.755. The van der Waals surface area contributed by atoms with Crippen molar-refractivity contribution in [3.05, 3.63) is 76.1 Å². The summed E-state index contributed by atoms with van der Waals surface area (Å²) in [6.45, 7) is 0. The summed E-state index contributed by atoms with van der Waals surface area (Å²) in [6, 6.07) is 17.3. The van der Waals surface area contributed by atoms with E-state index in [0.29, 0.717) is 0 Å².